The minimum atomic E-state index is 0.0211. The van der Waals surface area contributed by atoms with E-state index in [1.807, 2.05) is 37.3 Å². The molecule has 1 N–H and O–H groups in total. The Hall–Kier alpha value is -1.38. The summed E-state index contributed by atoms with van der Waals surface area (Å²) in [6.45, 7) is 4.70. The Labute approximate surface area is 129 Å². The Morgan fingerprint density at radius 1 is 1.10 bits per heavy atom. The maximum absolute atomic E-state index is 6.10. The van der Waals surface area contributed by atoms with E-state index in [0.29, 0.717) is 16.6 Å². The van der Waals surface area contributed by atoms with Crippen molar-refractivity contribution in [3.63, 3.8) is 0 Å². The molecular weight excluding hydrogens is 293 g/mol. The van der Waals surface area contributed by atoms with Crippen molar-refractivity contribution in [3.05, 3.63) is 58.1 Å². The summed E-state index contributed by atoms with van der Waals surface area (Å²) in [6, 6.07) is 13.4. The van der Waals surface area contributed by atoms with Crippen LogP contribution in [0.2, 0.25) is 10.0 Å². The number of halogens is 2. The van der Waals surface area contributed by atoms with E-state index in [1.54, 1.807) is 12.1 Å². The maximum atomic E-state index is 6.10. The number of hydrogen-bond donors (Lipinski definition) is 1. The lowest BCUT2D eigenvalue weighted by Gasteiger charge is -2.17. The Bertz CT molecular complexity index is 569. The Morgan fingerprint density at radius 2 is 1.80 bits per heavy atom. The molecule has 20 heavy (non-hydrogen) atoms. The van der Waals surface area contributed by atoms with Gasteiger partial charge in [-0.25, -0.2) is 0 Å². The molecule has 0 heterocycles. The van der Waals surface area contributed by atoms with Crippen LogP contribution in [0.4, 0.5) is 5.69 Å². The van der Waals surface area contributed by atoms with Gasteiger partial charge in [-0.3, -0.25) is 0 Å². The Balaban J connectivity index is 1.90. The highest BCUT2D eigenvalue weighted by Gasteiger charge is 2.06. The summed E-state index contributed by atoms with van der Waals surface area (Å²) in [6.07, 6.45) is 0.0211. The first kappa shape index (κ1) is 15.0. The van der Waals surface area contributed by atoms with Crippen LogP contribution in [0, 0.1) is 6.92 Å². The number of hydrogen-bond acceptors (Lipinski definition) is 2. The number of ether oxygens (including phenoxy) is 1. The second kappa shape index (κ2) is 6.87. The molecule has 1 unspecified atom stereocenters. The van der Waals surface area contributed by atoms with E-state index in [-0.39, 0.29) is 6.10 Å². The topological polar surface area (TPSA) is 21.3 Å². The number of rotatable bonds is 5. The van der Waals surface area contributed by atoms with E-state index >= 15 is 0 Å². The fraction of sp³-hybridized carbons (Fsp3) is 0.250. The predicted molar refractivity (Wildman–Crippen MR) is 86.2 cm³/mol. The third-order valence-electron chi connectivity index (χ3n) is 2.87. The summed E-state index contributed by atoms with van der Waals surface area (Å²) in [5.41, 5.74) is 2.03. The van der Waals surface area contributed by atoms with Gasteiger partial charge in [0.05, 0.1) is 17.3 Å². The van der Waals surface area contributed by atoms with Crippen LogP contribution in [-0.4, -0.2) is 12.6 Å². The van der Waals surface area contributed by atoms with Gasteiger partial charge in [0, 0.05) is 5.02 Å². The third kappa shape index (κ3) is 4.32. The second-order valence-corrected chi connectivity index (χ2v) is 5.59. The summed E-state index contributed by atoms with van der Waals surface area (Å²) in [7, 11) is 0. The molecule has 0 aromatic heterocycles. The molecule has 0 radical (unpaired) electrons. The molecule has 2 aromatic rings. The van der Waals surface area contributed by atoms with Crippen molar-refractivity contribution < 1.29 is 4.74 Å². The molecule has 2 nitrogen and oxygen atoms in total. The van der Waals surface area contributed by atoms with E-state index < -0.39 is 0 Å². The summed E-state index contributed by atoms with van der Waals surface area (Å²) in [5, 5.41) is 4.55. The van der Waals surface area contributed by atoms with E-state index in [2.05, 4.69) is 12.2 Å². The Kier molecular flexibility index (Phi) is 5.16. The minimum absolute atomic E-state index is 0.0211. The lowest BCUT2D eigenvalue weighted by molar-refractivity contribution is 0.234. The zero-order chi connectivity index (χ0) is 14.5. The molecule has 0 fully saturated rings. The number of nitrogens with one attached hydrogen (secondary N) is 1. The van der Waals surface area contributed by atoms with Crippen molar-refractivity contribution in [3.8, 4) is 5.75 Å². The van der Waals surface area contributed by atoms with Crippen LogP contribution in [0.1, 0.15) is 12.5 Å². The molecule has 0 aliphatic heterocycles. The van der Waals surface area contributed by atoms with E-state index in [9.17, 15) is 0 Å². The average molecular weight is 310 g/mol. The van der Waals surface area contributed by atoms with E-state index in [1.165, 1.54) is 5.56 Å². The first-order chi connectivity index (χ1) is 9.54. The summed E-state index contributed by atoms with van der Waals surface area (Å²) < 4.78 is 5.82. The van der Waals surface area contributed by atoms with E-state index in [0.717, 1.165) is 11.4 Å². The molecular formula is C16H17Cl2NO. The summed E-state index contributed by atoms with van der Waals surface area (Å²) in [5.74, 6) is 0.863. The standard InChI is InChI=1S/C16H17Cl2NO/c1-11-3-6-14(7-4-11)20-12(2)10-19-16-9-13(17)5-8-15(16)18/h3-9,12,19H,10H2,1-2H3. The summed E-state index contributed by atoms with van der Waals surface area (Å²) in [4.78, 5) is 0. The van der Waals surface area contributed by atoms with Crippen molar-refractivity contribution >= 4 is 28.9 Å². The van der Waals surface area contributed by atoms with Crippen LogP contribution in [0.25, 0.3) is 0 Å². The monoisotopic (exact) mass is 309 g/mol. The SMILES string of the molecule is Cc1ccc(OC(C)CNc2cc(Cl)ccc2Cl)cc1. The zero-order valence-corrected chi connectivity index (χ0v) is 13.0. The molecule has 0 amide bonds. The molecule has 106 valence electrons. The molecule has 2 aromatic carbocycles. The van der Waals surface area contributed by atoms with Crippen molar-refractivity contribution in [1.29, 1.82) is 0 Å². The van der Waals surface area contributed by atoms with Gasteiger partial charge < -0.3 is 10.1 Å². The van der Waals surface area contributed by atoms with Crippen molar-refractivity contribution in [2.24, 2.45) is 0 Å². The van der Waals surface area contributed by atoms with Gasteiger partial charge in [-0.15, -0.1) is 0 Å². The summed E-state index contributed by atoms with van der Waals surface area (Å²) >= 11 is 12.0. The van der Waals surface area contributed by atoms with Crippen LogP contribution in [0.5, 0.6) is 5.75 Å². The average Bonchev–Trinajstić information content (AvgIpc) is 2.42. The maximum Gasteiger partial charge on any atom is 0.119 e. The lowest BCUT2D eigenvalue weighted by atomic mass is 10.2. The molecule has 1 atom stereocenters. The van der Waals surface area contributed by atoms with Gasteiger partial charge in [-0.2, -0.15) is 0 Å². The molecule has 0 aliphatic carbocycles. The minimum Gasteiger partial charge on any atom is -0.489 e. The van der Waals surface area contributed by atoms with Crippen LogP contribution in [0.15, 0.2) is 42.5 Å². The van der Waals surface area contributed by atoms with Crippen molar-refractivity contribution in [2.45, 2.75) is 20.0 Å². The first-order valence-electron chi connectivity index (χ1n) is 6.47. The first-order valence-corrected chi connectivity index (χ1v) is 7.22. The number of aryl methyl sites for hydroxylation is 1. The lowest BCUT2D eigenvalue weighted by Crippen LogP contribution is -2.22. The van der Waals surface area contributed by atoms with Gasteiger partial charge in [0.1, 0.15) is 11.9 Å². The van der Waals surface area contributed by atoms with Gasteiger partial charge in [-0.05, 0) is 44.2 Å². The molecule has 0 saturated carbocycles. The quantitative estimate of drug-likeness (QED) is 0.821. The normalized spacial score (nSPS) is 12.0. The van der Waals surface area contributed by atoms with Crippen LogP contribution >= 0.6 is 23.2 Å². The van der Waals surface area contributed by atoms with Crippen LogP contribution in [-0.2, 0) is 0 Å². The fourth-order valence-electron chi connectivity index (χ4n) is 1.78. The molecule has 0 saturated heterocycles. The largest absolute Gasteiger partial charge is 0.489 e. The van der Waals surface area contributed by atoms with Gasteiger partial charge >= 0.3 is 0 Å². The highest BCUT2D eigenvalue weighted by Crippen LogP contribution is 2.25. The van der Waals surface area contributed by atoms with Crippen LogP contribution in [0.3, 0.4) is 0 Å². The van der Waals surface area contributed by atoms with Gasteiger partial charge in [0.15, 0.2) is 0 Å². The molecule has 0 aliphatic rings. The molecule has 0 bridgehead atoms. The van der Waals surface area contributed by atoms with E-state index in [4.69, 9.17) is 27.9 Å². The molecule has 2 rings (SSSR count). The van der Waals surface area contributed by atoms with Crippen LogP contribution < -0.4 is 10.1 Å². The van der Waals surface area contributed by atoms with Gasteiger partial charge in [0.25, 0.3) is 0 Å². The van der Waals surface area contributed by atoms with Crippen molar-refractivity contribution in [2.75, 3.05) is 11.9 Å². The number of anilines is 1. The smallest absolute Gasteiger partial charge is 0.119 e. The zero-order valence-electron chi connectivity index (χ0n) is 11.5. The third-order valence-corrected chi connectivity index (χ3v) is 3.43. The molecule has 0 spiro atoms. The van der Waals surface area contributed by atoms with Crippen molar-refractivity contribution in [1.82, 2.24) is 0 Å². The fourth-order valence-corrected chi connectivity index (χ4v) is 2.13. The second-order valence-electron chi connectivity index (χ2n) is 4.75. The van der Waals surface area contributed by atoms with Gasteiger partial charge in [-0.1, -0.05) is 40.9 Å². The predicted octanol–water partition coefficient (Wildman–Crippen LogP) is 5.18. The number of benzene rings is 2. The highest BCUT2D eigenvalue weighted by molar-refractivity contribution is 6.35. The van der Waals surface area contributed by atoms with Gasteiger partial charge in [0.2, 0.25) is 0 Å². The molecule has 4 heteroatoms. The Morgan fingerprint density at radius 3 is 2.50 bits per heavy atom. The highest BCUT2D eigenvalue weighted by atomic mass is 35.5.